The number of rotatable bonds is 2. The van der Waals surface area contributed by atoms with E-state index in [1.807, 2.05) is 0 Å². The monoisotopic (exact) mass is 225 g/mol. The number of methoxy groups -OCH3 is 1. The Hall–Kier alpha value is -1.29. The summed E-state index contributed by atoms with van der Waals surface area (Å²) in [6.07, 6.45) is 2.99. The predicted octanol–water partition coefficient (Wildman–Crippen LogP) is 2.35. The Labute approximate surface area is 94.2 Å². The summed E-state index contributed by atoms with van der Waals surface area (Å²) in [7, 11) is 1.42. The minimum Gasteiger partial charge on any atom is -0.507 e. The number of aromatic hydroxyl groups is 1. The van der Waals surface area contributed by atoms with Crippen LogP contribution in [0.4, 0.5) is 4.39 Å². The molecule has 1 aromatic rings. The zero-order chi connectivity index (χ0) is 11.5. The van der Waals surface area contributed by atoms with Gasteiger partial charge >= 0.3 is 0 Å². The highest BCUT2D eigenvalue weighted by molar-refractivity contribution is 5.43. The zero-order valence-electron chi connectivity index (χ0n) is 9.29. The van der Waals surface area contributed by atoms with E-state index in [2.05, 4.69) is 5.32 Å². The summed E-state index contributed by atoms with van der Waals surface area (Å²) in [4.78, 5) is 0. The first-order valence-corrected chi connectivity index (χ1v) is 5.52. The Morgan fingerprint density at radius 3 is 2.88 bits per heavy atom. The van der Waals surface area contributed by atoms with Crippen molar-refractivity contribution in [2.75, 3.05) is 13.7 Å². The summed E-state index contributed by atoms with van der Waals surface area (Å²) < 4.78 is 18.9. The average molecular weight is 225 g/mol. The minimum absolute atomic E-state index is 0.00213. The molecule has 0 amide bonds. The molecule has 1 heterocycles. The van der Waals surface area contributed by atoms with Crippen LogP contribution >= 0.6 is 0 Å². The molecule has 0 spiro atoms. The third kappa shape index (κ3) is 1.97. The van der Waals surface area contributed by atoms with Crippen LogP contribution in [0.25, 0.3) is 0 Å². The van der Waals surface area contributed by atoms with E-state index in [0.717, 1.165) is 25.8 Å². The third-order valence-electron chi connectivity index (χ3n) is 3.00. The standard InChI is InChI=1S/C12H16FNO2/c1-16-10-6-5-9(15)11(12(10)13)8-4-2-3-7-14-8/h5-6,8,14-15H,2-4,7H2,1H3. The number of hydrogen-bond acceptors (Lipinski definition) is 3. The molecule has 0 radical (unpaired) electrons. The highest BCUT2D eigenvalue weighted by atomic mass is 19.1. The summed E-state index contributed by atoms with van der Waals surface area (Å²) in [5, 5.41) is 12.9. The second-order valence-corrected chi connectivity index (χ2v) is 4.02. The Morgan fingerprint density at radius 2 is 2.25 bits per heavy atom. The number of hydrogen-bond donors (Lipinski definition) is 2. The van der Waals surface area contributed by atoms with Crippen LogP contribution in [-0.2, 0) is 0 Å². The molecule has 3 nitrogen and oxygen atoms in total. The number of phenolic OH excluding ortho intramolecular Hbond substituents is 1. The Balaban J connectivity index is 2.37. The topological polar surface area (TPSA) is 41.5 Å². The Morgan fingerprint density at radius 1 is 1.44 bits per heavy atom. The molecule has 2 N–H and O–H groups in total. The number of benzene rings is 1. The molecule has 4 heteroatoms. The first kappa shape index (κ1) is 11.2. The van der Waals surface area contributed by atoms with E-state index < -0.39 is 5.82 Å². The van der Waals surface area contributed by atoms with Gasteiger partial charge in [-0.15, -0.1) is 0 Å². The van der Waals surface area contributed by atoms with Crippen molar-refractivity contribution in [3.63, 3.8) is 0 Å². The van der Waals surface area contributed by atoms with Gasteiger partial charge in [0.25, 0.3) is 0 Å². The van der Waals surface area contributed by atoms with Crippen molar-refractivity contribution in [2.24, 2.45) is 0 Å². The maximum Gasteiger partial charge on any atom is 0.173 e. The number of phenols is 1. The van der Waals surface area contributed by atoms with Gasteiger partial charge in [0, 0.05) is 6.04 Å². The normalized spacial score (nSPS) is 20.8. The van der Waals surface area contributed by atoms with Gasteiger partial charge in [0.05, 0.1) is 12.7 Å². The first-order chi connectivity index (χ1) is 7.74. The lowest BCUT2D eigenvalue weighted by Crippen LogP contribution is -2.27. The van der Waals surface area contributed by atoms with Gasteiger partial charge in [-0.3, -0.25) is 0 Å². The summed E-state index contributed by atoms with van der Waals surface area (Å²) >= 11 is 0. The van der Waals surface area contributed by atoms with E-state index in [1.54, 1.807) is 0 Å². The van der Waals surface area contributed by atoms with Crippen LogP contribution < -0.4 is 10.1 Å². The van der Waals surface area contributed by atoms with Crippen LogP contribution in [0, 0.1) is 5.82 Å². The lowest BCUT2D eigenvalue weighted by Gasteiger charge is -2.25. The number of halogens is 1. The molecule has 0 saturated carbocycles. The molecule has 88 valence electrons. The van der Waals surface area contributed by atoms with Crippen molar-refractivity contribution < 1.29 is 14.2 Å². The van der Waals surface area contributed by atoms with E-state index in [-0.39, 0.29) is 17.5 Å². The SMILES string of the molecule is COc1ccc(O)c(C2CCCCN2)c1F. The summed E-state index contributed by atoms with van der Waals surface area (Å²) in [5.74, 6) is -0.278. The number of nitrogens with one attached hydrogen (secondary N) is 1. The lowest BCUT2D eigenvalue weighted by atomic mass is 9.96. The molecule has 1 aliphatic rings. The van der Waals surface area contributed by atoms with Crippen molar-refractivity contribution in [1.82, 2.24) is 5.32 Å². The fourth-order valence-electron chi connectivity index (χ4n) is 2.15. The minimum atomic E-state index is -0.457. The predicted molar refractivity (Wildman–Crippen MR) is 59.2 cm³/mol. The van der Waals surface area contributed by atoms with Gasteiger partial charge in [-0.1, -0.05) is 6.42 Å². The van der Waals surface area contributed by atoms with E-state index in [9.17, 15) is 9.50 Å². The number of piperidine rings is 1. The second kappa shape index (κ2) is 4.70. The fraction of sp³-hybridized carbons (Fsp3) is 0.500. The average Bonchev–Trinajstić information content (AvgIpc) is 2.31. The molecular weight excluding hydrogens is 209 g/mol. The van der Waals surface area contributed by atoms with Crippen molar-refractivity contribution in [3.8, 4) is 11.5 Å². The highest BCUT2D eigenvalue weighted by Crippen LogP contribution is 2.35. The Bertz CT molecular complexity index is 376. The molecule has 1 aromatic carbocycles. The van der Waals surface area contributed by atoms with Gasteiger partial charge < -0.3 is 15.2 Å². The van der Waals surface area contributed by atoms with Crippen LogP contribution in [0.1, 0.15) is 30.9 Å². The maximum absolute atomic E-state index is 14.0. The molecular formula is C12H16FNO2. The highest BCUT2D eigenvalue weighted by Gasteiger charge is 2.23. The van der Waals surface area contributed by atoms with Gasteiger partial charge in [-0.05, 0) is 31.5 Å². The molecule has 1 aliphatic heterocycles. The summed E-state index contributed by atoms with van der Waals surface area (Å²) in [5.41, 5.74) is 0.332. The van der Waals surface area contributed by atoms with E-state index in [1.165, 1.54) is 19.2 Å². The zero-order valence-corrected chi connectivity index (χ0v) is 9.29. The fourth-order valence-corrected chi connectivity index (χ4v) is 2.15. The van der Waals surface area contributed by atoms with E-state index >= 15 is 0 Å². The van der Waals surface area contributed by atoms with E-state index in [0.29, 0.717) is 5.56 Å². The molecule has 0 bridgehead atoms. The molecule has 16 heavy (non-hydrogen) atoms. The Kier molecular flexibility index (Phi) is 3.29. The first-order valence-electron chi connectivity index (χ1n) is 5.52. The van der Waals surface area contributed by atoms with Gasteiger partial charge in [0.2, 0.25) is 0 Å². The molecule has 1 saturated heterocycles. The third-order valence-corrected chi connectivity index (χ3v) is 3.00. The molecule has 1 unspecified atom stereocenters. The van der Waals surface area contributed by atoms with Crippen LogP contribution in [0.15, 0.2) is 12.1 Å². The van der Waals surface area contributed by atoms with Crippen LogP contribution in [0.5, 0.6) is 11.5 Å². The van der Waals surface area contributed by atoms with Crippen molar-refractivity contribution >= 4 is 0 Å². The molecule has 1 atom stereocenters. The molecule has 1 fully saturated rings. The molecule has 0 aromatic heterocycles. The van der Waals surface area contributed by atoms with Crippen LogP contribution in [-0.4, -0.2) is 18.8 Å². The molecule has 0 aliphatic carbocycles. The second-order valence-electron chi connectivity index (χ2n) is 4.02. The largest absolute Gasteiger partial charge is 0.507 e. The van der Waals surface area contributed by atoms with Crippen LogP contribution in [0.2, 0.25) is 0 Å². The lowest BCUT2D eigenvalue weighted by molar-refractivity contribution is 0.352. The summed E-state index contributed by atoms with van der Waals surface area (Å²) in [6.45, 7) is 0.862. The van der Waals surface area contributed by atoms with E-state index in [4.69, 9.17) is 4.74 Å². The van der Waals surface area contributed by atoms with Crippen LogP contribution in [0.3, 0.4) is 0 Å². The van der Waals surface area contributed by atoms with Crippen molar-refractivity contribution in [2.45, 2.75) is 25.3 Å². The quantitative estimate of drug-likeness (QED) is 0.811. The molecule has 2 rings (SSSR count). The van der Waals surface area contributed by atoms with Gasteiger partial charge in [0.1, 0.15) is 5.75 Å². The van der Waals surface area contributed by atoms with Gasteiger partial charge in [-0.25, -0.2) is 4.39 Å². The van der Waals surface area contributed by atoms with Crippen molar-refractivity contribution in [1.29, 1.82) is 0 Å². The van der Waals surface area contributed by atoms with Crippen molar-refractivity contribution in [3.05, 3.63) is 23.5 Å². The smallest absolute Gasteiger partial charge is 0.173 e. The van der Waals surface area contributed by atoms with Gasteiger partial charge in [-0.2, -0.15) is 0 Å². The summed E-state index contributed by atoms with van der Waals surface area (Å²) in [6, 6.07) is 2.81. The number of ether oxygens (including phenoxy) is 1. The maximum atomic E-state index is 14.0. The van der Waals surface area contributed by atoms with Gasteiger partial charge in [0.15, 0.2) is 11.6 Å².